The van der Waals surface area contributed by atoms with Crippen LogP contribution in [0.5, 0.6) is 0 Å². The number of hydrogen-bond donors (Lipinski definition) is 0. The molecule has 0 amide bonds. The molecule has 19 heavy (non-hydrogen) atoms. The highest BCUT2D eigenvalue weighted by atomic mass is 15.2. The van der Waals surface area contributed by atoms with Crippen LogP contribution in [0, 0.1) is 5.41 Å². The monoisotopic (exact) mass is 257 g/mol. The van der Waals surface area contributed by atoms with Gasteiger partial charge in [-0.1, -0.05) is 45.0 Å². The minimum Gasteiger partial charge on any atom is -0.296 e. The molecule has 1 heterocycles. The maximum atomic E-state index is 2.72. The minimum absolute atomic E-state index is 0.408. The Bertz CT molecular complexity index is 439. The highest BCUT2D eigenvalue weighted by molar-refractivity contribution is 5.33. The molecule has 1 atom stereocenters. The van der Waals surface area contributed by atoms with Gasteiger partial charge >= 0.3 is 0 Å². The molecule has 0 radical (unpaired) electrons. The van der Waals surface area contributed by atoms with E-state index in [0.717, 1.165) is 18.5 Å². The lowest BCUT2D eigenvalue weighted by atomic mass is 9.85. The van der Waals surface area contributed by atoms with Crippen molar-refractivity contribution in [3.63, 3.8) is 0 Å². The Kier molecular flexibility index (Phi) is 3.42. The highest BCUT2D eigenvalue weighted by Crippen LogP contribution is 2.42. The van der Waals surface area contributed by atoms with Crippen LogP contribution in [0.1, 0.15) is 63.5 Å². The molecule has 1 aromatic carbocycles. The molecule has 1 aliphatic heterocycles. The van der Waals surface area contributed by atoms with Gasteiger partial charge in [0, 0.05) is 12.6 Å². The number of nitrogens with zero attached hydrogens (tertiary/aromatic N) is 1. The van der Waals surface area contributed by atoms with Crippen LogP contribution in [-0.2, 0) is 6.54 Å². The zero-order valence-corrected chi connectivity index (χ0v) is 12.7. The standard InChI is InChI=1S/C18H27N/c1-18(2,3)17-9-6-12-19(17)13-15-7-4-5-8-16(15)14-10-11-14/h4-5,7-8,14,17H,6,9-13H2,1-3H3. The van der Waals surface area contributed by atoms with Crippen molar-refractivity contribution in [2.45, 2.75) is 65.0 Å². The van der Waals surface area contributed by atoms with Crippen molar-refractivity contribution in [1.82, 2.24) is 4.90 Å². The lowest BCUT2D eigenvalue weighted by molar-refractivity contribution is 0.134. The van der Waals surface area contributed by atoms with Crippen LogP contribution in [0.3, 0.4) is 0 Å². The van der Waals surface area contributed by atoms with Crippen molar-refractivity contribution in [2.75, 3.05) is 6.54 Å². The van der Waals surface area contributed by atoms with Gasteiger partial charge in [0.15, 0.2) is 0 Å². The van der Waals surface area contributed by atoms with Crippen LogP contribution in [0.2, 0.25) is 0 Å². The van der Waals surface area contributed by atoms with E-state index in [1.54, 1.807) is 11.1 Å². The molecule has 1 aliphatic carbocycles. The molecule has 1 saturated heterocycles. The maximum Gasteiger partial charge on any atom is 0.0239 e. The number of rotatable bonds is 3. The second kappa shape index (κ2) is 4.94. The number of benzene rings is 1. The zero-order chi connectivity index (χ0) is 13.5. The molecule has 3 rings (SSSR count). The molecule has 1 saturated carbocycles. The molecular formula is C18H27N. The summed E-state index contributed by atoms with van der Waals surface area (Å²) in [7, 11) is 0. The lowest BCUT2D eigenvalue weighted by Crippen LogP contribution is -2.39. The predicted molar refractivity (Wildman–Crippen MR) is 81.3 cm³/mol. The molecule has 1 aromatic rings. The number of likely N-dealkylation sites (tertiary alicyclic amines) is 1. The van der Waals surface area contributed by atoms with Crippen molar-refractivity contribution in [3.05, 3.63) is 35.4 Å². The Morgan fingerprint density at radius 3 is 2.53 bits per heavy atom. The minimum atomic E-state index is 0.408. The third kappa shape index (κ3) is 2.86. The van der Waals surface area contributed by atoms with E-state index in [1.807, 2.05) is 0 Å². The molecule has 2 aliphatic rings. The van der Waals surface area contributed by atoms with Gasteiger partial charge in [0.25, 0.3) is 0 Å². The van der Waals surface area contributed by atoms with E-state index in [-0.39, 0.29) is 0 Å². The summed E-state index contributed by atoms with van der Waals surface area (Å²) in [6.45, 7) is 9.61. The summed E-state index contributed by atoms with van der Waals surface area (Å²) in [5.74, 6) is 0.867. The molecular weight excluding hydrogens is 230 g/mol. The van der Waals surface area contributed by atoms with Gasteiger partial charge in [-0.15, -0.1) is 0 Å². The van der Waals surface area contributed by atoms with Gasteiger partial charge < -0.3 is 0 Å². The van der Waals surface area contributed by atoms with E-state index in [4.69, 9.17) is 0 Å². The third-order valence-corrected chi connectivity index (χ3v) is 4.81. The van der Waals surface area contributed by atoms with Crippen molar-refractivity contribution in [1.29, 1.82) is 0 Å². The van der Waals surface area contributed by atoms with Crippen LogP contribution in [0.15, 0.2) is 24.3 Å². The summed E-state index contributed by atoms with van der Waals surface area (Å²) in [6.07, 6.45) is 5.54. The first-order valence-electron chi connectivity index (χ1n) is 7.87. The lowest BCUT2D eigenvalue weighted by Gasteiger charge is -2.35. The van der Waals surface area contributed by atoms with Gasteiger partial charge in [0.2, 0.25) is 0 Å². The summed E-state index contributed by atoms with van der Waals surface area (Å²) in [5.41, 5.74) is 3.62. The molecule has 1 unspecified atom stereocenters. The maximum absolute atomic E-state index is 2.72. The van der Waals surface area contributed by atoms with Gasteiger partial charge in [-0.25, -0.2) is 0 Å². The van der Waals surface area contributed by atoms with Crippen LogP contribution in [-0.4, -0.2) is 17.5 Å². The SMILES string of the molecule is CC(C)(C)C1CCCN1Cc1ccccc1C1CC1. The second-order valence-corrected chi connectivity index (χ2v) is 7.47. The normalized spacial score (nSPS) is 24.9. The first-order valence-corrected chi connectivity index (χ1v) is 7.87. The average molecular weight is 257 g/mol. The van der Waals surface area contributed by atoms with Crippen LogP contribution < -0.4 is 0 Å². The summed E-state index contributed by atoms with van der Waals surface area (Å²) >= 11 is 0. The summed E-state index contributed by atoms with van der Waals surface area (Å²) < 4.78 is 0. The third-order valence-electron chi connectivity index (χ3n) is 4.81. The van der Waals surface area contributed by atoms with E-state index in [2.05, 4.69) is 49.9 Å². The van der Waals surface area contributed by atoms with E-state index in [0.29, 0.717) is 5.41 Å². The van der Waals surface area contributed by atoms with Crippen molar-refractivity contribution >= 4 is 0 Å². The fraction of sp³-hybridized carbons (Fsp3) is 0.667. The molecule has 104 valence electrons. The second-order valence-electron chi connectivity index (χ2n) is 7.47. The predicted octanol–water partition coefficient (Wildman–Crippen LogP) is 4.57. The van der Waals surface area contributed by atoms with Crippen LogP contribution >= 0.6 is 0 Å². The van der Waals surface area contributed by atoms with Gasteiger partial charge in [0.1, 0.15) is 0 Å². The molecule has 1 nitrogen and oxygen atoms in total. The first kappa shape index (κ1) is 13.2. The Balaban J connectivity index is 1.77. The van der Waals surface area contributed by atoms with Gasteiger partial charge in [-0.2, -0.15) is 0 Å². The molecule has 0 aromatic heterocycles. The molecule has 0 bridgehead atoms. The van der Waals surface area contributed by atoms with E-state index in [1.165, 1.54) is 32.2 Å². The number of hydrogen-bond acceptors (Lipinski definition) is 1. The zero-order valence-electron chi connectivity index (χ0n) is 12.7. The average Bonchev–Trinajstić information content (AvgIpc) is 3.08. The summed E-state index contributed by atoms with van der Waals surface area (Å²) in [5, 5.41) is 0. The Morgan fingerprint density at radius 1 is 1.11 bits per heavy atom. The molecule has 0 N–H and O–H groups in total. The molecule has 1 heteroatoms. The molecule has 2 fully saturated rings. The first-order chi connectivity index (χ1) is 9.05. The smallest absolute Gasteiger partial charge is 0.0239 e. The fourth-order valence-electron chi connectivity index (χ4n) is 3.69. The Hall–Kier alpha value is -0.820. The van der Waals surface area contributed by atoms with Gasteiger partial charge in [0.05, 0.1) is 0 Å². The van der Waals surface area contributed by atoms with Crippen LogP contribution in [0.25, 0.3) is 0 Å². The topological polar surface area (TPSA) is 3.24 Å². The highest BCUT2D eigenvalue weighted by Gasteiger charge is 2.34. The Morgan fingerprint density at radius 2 is 1.84 bits per heavy atom. The quantitative estimate of drug-likeness (QED) is 0.766. The summed E-state index contributed by atoms with van der Waals surface area (Å²) in [6, 6.07) is 9.88. The van der Waals surface area contributed by atoms with Crippen molar-refractivity contribution in [3.8, 4) is 0 Å². The van der Waals surface area contributed by atoms with Crippen LogP contribution in [0.4, 0.5) is 0 Å². The van der Waals surface area contributed by atoms with Gasteiger partial charge in [-0.05, 0) is 54.7 Å². The van der Waals surface area contributed by atoms with Crippen molar-refractivity contribution < 1.29 is 0 Å². The fourth-order valence-corrected chi connectivity index (χ4v) is 3.69. The Labute approximate surface area is 118 Å². The van der Waals surface area contributed by atoms with E-state index < -0.39 is 0 Å². The van der Waals surface area contributed by atoms with E-state index in [9.17, 15) is 0 Å². The van der Waals surface area contributed by atoms with Crippen molar-refractivity contribution in [2.24, 2.45) is 5.41 Å². The largest absolute Gasteiger partial charge is 0.296 e. The van der Waals surface area contributed by atoms with Gasteiger partial charge in [-0.3, -0.25) is 4.90 Å². The summed E-state index contributed by atoms with van der Waals surface area (Å²) in [4.78, 5) is 2.72. The van der Waals surface area contributed by atoms with E-state index >= 15 is 0 Å². The molecule has 0 spiro atoms.